The van der Waals surface area contributed by atoms with Gasteiger partial charge in [-0.15, -0.1) is 6.58 Å². The summed E-state index contributed by atoms with van der Waals surface area (Å²) in [6.07, 6.45) is 9.79. The summed E-state index contributed by atoms with van der Waals surface area (Å²) in [5, 5.41) is 3.53. The highest BCUT2D eigenvalue weighted by molar-refractivity contribution is 8.00. The Morgan fingerprint density at radius 2 is 2.15 bits per heavy atom. The van der Waals surface area contributed by atoms with Crippen molar-refractivity contribution >= 4 is 11.8 Å². The summed E-state index contributed by atoms with van der Waals surface area (Å²) in [6.45, 7) is 7.09. The molecule has 1 aliphatic carbocycles. The first-order valence-corrected chi connectivity index (χ1v) is 6.36. The fourth-order valence-electron chi connectivity index (χ4n) is 1.90. The van der Waals surface area contributed by atoms with Crippen molar-refractivity contribution in [2.24, 2.45) is 0 Å². The molecule has 1 rings (SSSR count). The number of thioether (sulfide) groups is 1. The third-order valence-corrected chi connectivity index (χ3v) is 4.47. The Labute approximate surface area is 86.4 Å². The Bertz CT molecular complexity index is 161. The molecule has 0 saturated heterocycles. The third kappa shape index (κ3) is 3.03. The minimum atomic E-state index is 0.449. The maximum absolute atomic E-state index is 3.79. The minimum Gasteiger partial charge on any atom is -0.309 e. The quantitative estimate of drug-likeness (QED) is 0.683. The molecule has 1 fully saturated rings. The topological polar surface area (TPSA) is 12.0 Å². The molecule has 0 aromatic carbocycles. The molecule has 0 aromatic rings. The fourth-order valence-corrected chi connectivity index (χ4v) is 2.83. The number of nitrogens with one attached hydrogen (secondary N) is 1. The lowest BCUT2D eigenvalue weighted by molar-refractivity contribution is 0.513. The monoisotopic (exact) mass is 199 g/mol. The molecule has 1 N–H and O–H groups in total. The van der Waals surface area contributed by atoms with Gasteiger partial charge in [0.15, 0.2) is 0 Å². The van der Waals surface area contributed by atoms with Crippen molar-refractivity contribution in [3.8, 4) is 0 Å². The highest BCUT2D eigenvalue weighted by Gasteiger charge is 2.32. The molecule has 2 heteroatoms. The van der Waals surface area contributed by atoms with E-state index in [4.69, 9.17) is 0 Å². The molecule has 0 amide bonds. The van der Waals surface area contributed by atoms with Gasteiger partial charge < -0.3 is 5.32 Å². The van der Waals surface area contributed by atoms with Crippen molar-refractivity contribution in [3.63, 3.8) is 0 Å². The van der Waals surface area contributed by atoms with E-state index < -0.39 is 0 Å². The molecule has 0 bridgehead atoms. The van der Waals surface area contributed by atoms with E-state index in [2.05, 4.69) is 25.1 Å². The Kier molecular flexibility index (Phi) is 4.33. The lowest BCUT2D eigenvalue weighted by Gasteiger charge is -2.28. The largest absolute Gasteiger partial charge is 0.309 e. The number of hydrogen-bond acceptors (Lipinski definition) is 2. The van der Waals surface area contributed by atoms with Crippen LogP contribution in [0.25, 0.3) is 0 Å². The second-order valence-corrected chi connectivity index (χ2v) is 5.27. The highest BCUT2D eigenvalue weighted by atomic mass is 32.2. The van der Waals surface area contributed by atoms with Crippen LogP contribution in [-0.4, -0.2) is 23.6 Å². The normalized spacial score (nSPS) is 22.9. The van der Waals surface area contributed by atoms with Crippen LogP contribution >= 0.6 is 11.8 Å². The second-order valence-electron chi connectivity index (χ2n) is 4.00. The van der Waals surface area contributed by atoms with Crippen LogP contribution < -0.4 is 5.32 Å². The van der Waals surface area contributed by atoms with Crippen LogP contribution in [0.2, 0.25) is 0 Å². The highest BCUT2D eigenvalue weighted by Crippen LogP contribution is 2.39. The lowest BCUT2D eigenvalue weighted by atomic mass is 10.1. The molecular formula is C11H21NS. The molecule has 1 aliphatic rings. The number of hydrogen-bond donors (Lipinski definition) is 1. The average molecular weight is 199 g/mol. The van der Waals surface area contributed by atoms with E-state index in [1.54, 1.807) is 0 Å². The van der Waals surface area contributed by atoms with Gasteiger partial charge in [-0.25, -0.2) is 0 Å². The smallest absolute Gasteiger partial charge is 0.0281 e. The van der Waals surface area contributed by atoms with Gasteiger partial charge in [0.1, 0.15) is 0 Å². The molecule has 1 atom stereocenters. The van der Waals surface area contributed by atoms with E-state index in [1.807, 2.05) is 17.8 Å². The molecule has 0 heterocycles. The van der Waals surface area contributed by atoms with Crippen molar-refractivity contribution in [1.82, 2.24) is 5.32 Å². The Hall–Kier alpha value is 0.0500. The standard InChI is InChI=1S/C11H21NS/c1-4-10(2)12-9-11(13-3)7-5-6-8-11/h4,10,12H,1,5-9H2,2-3H3. The average Bonchev–Trinajstić information content (AvgIpc) is 2.63. The van der Waals surface area contributed by atoms with Crippen LogP contribution in [0.1, 0.15) is 32.6 Å². The van der Waals surface area contributed by atoms with Crippen molar-refractivity contribution in [2.45, 2.75) is 43.4 Å². The summed E-state index contributed by atoms with van der Waals surface area (Å²) in [6, 6.07) is 0.449. The maximum Gasteiger partial charge on any atom is 0.0281 e. The maximum atomic E-state index is 3.79. The van der Waals surface area contributed by atoms with Crippen LogP contribution in [0.4, 0.5) is 0 Å². The van der Waals surface area contributed by atoms with Gasteiger partial charge in [-0.2, -0.15) is 11.8 Å². The van der Waals surface area contributed by atoms with Gasteiger partial charge in [0.05, 0.1) is 0 Å². The van der Waals surface area contributed by atoms with E-state index in [0.29, 0.717) is 10.8 Å². The zero-order valence-corrected chi connectivity index (χ0v) is 9.62. The van der Waals surface area contributed by atoms with E-state index in [1.165, 1.54) is 25.7 Å². The van der Waals surface area contributed by atoms with Crippen LogP contribution in [0.3, 0.4) is 0 Å². The van der Waals surface area contributed by atoms with E-state index >= 15 is 0 Å². The summed E-state index contributed by atoms with van der Waals surface area (Å²) >= 11 is 2.04. The van der Waals surface area contributed by atoms with E-state index in [9.17, 15) is 0 Å². The Balaban J connectivity index is 2.35. The minimum absolute atomic E-state index is 0.449. The lowest BCUT2D eigenvalue weighted by Crippen LogP contribution is -2.38. The van der Waals surface area contributed by atoms with Gasteiger partial charge in [0, 0.05) is 17.3 Å². The first-order valence-electron chi connectivity index (χ1n) is 5.13. The molecule has 1 nitrogen and oxygen atoms in total. The van der Waals surface area contributed by atoms with E-state index in [-0.39, 0.29) is 0 Å². The first kappa shape index (κ1) is 11.1. The number of rotatable bonds is 5. The van der Waals surface area contributed by atoms with Crippen LogP contribution in [0.15, 0.2) is 12.7 Å². The fraction of sp³-hybridized carbons (Fsp3) is 0.818. The zero-order valence-electron chi connectivity index (χ0n) is 8.81. The molecule has 0 aliphatic heterocycles. The van der Waals surface area contributed by atoms with Gasteiger partial charge in [-0.1, -0.05) is 18.9 Å². The van der Waals surface area contributed by atoms with Crippen molar-refractivity contribution in [3.05, 3.63) is 12.7 Å². The Morgan fingerprint density at radius 3 is 2.62 bits per heavy atom. The molecule has 1 saturated carbocycles. The summed E-state index contributed by atoms with van der Waals surface area (Å²) in [4.78, 5) is 0. The summed E-state index contributed by atoms with van der Waals surface area (Å²) in [5.74, 6) is 0. The van der Waals surface area contributed by atoms with Gasteiger partial charge >= 0.3 is 0 Å². The van der Waals surface area contributed by atoms with Gasteiger partial charge in [0.25, 0.3) is 0 Å². The first-order chi connectivity index (χ1) is 6.22. The summed E-state index contributed by atoms with van der Waals surface area (Å²) in [5.41, 5.74) is 0. The molecule has 13 heavy (non-hydrogen) atoms. The molecule has 0 aromatic heterocycles. The van der Waals surface area contributed by atoms with Crippen LogP contribution in [0.5, 0.6) is 0 Å². The zero-order chi connectivity index (χ0) is 9.73. The van der Waals surface area contributed by atoms with Crippen LogP contribution in [-0.2, 0) is 0 Å². The second kappa shape index (κ2) is 5.06. The van der Waals surface area contributed by atoms with Crippen molar-refractivity contribution in [1.29, 1.82) is 0 Å². The van der Waals surface area contributed by atoms with Crippen LogP contribution in [0, 0.1) is 0 Å². The SMILES string of the molecule is C=CC(C)NCC1(SC)CCCC1. The molecular weight excluding hydrogens is 178 g/mol. The Morgan fingerprint density at radius 1 is 1.54 bits per heavy atom. The molecule has 0 radical (unpaired) electrons. The van der Waals surface area contributed by atoms with Gasteiger partial charge in [-0.3, -0.25) is 0 Å². The third-order valence-electron chi connectivity index (χ3n) is 3.05. The molecule has 1 unspecified atom stereocenters. The van der Waals surface area contributed by atoms with E-state index in [0.717, 1.165) is 6.54 Å². The predicted molar refractivity (Wildman–Crippen MR) is 62.4 cm³/mol. The van der Waals surface area contributed by atoms with Gasteiger partial charge in [-0.05, 0) is 26.0 Å². The van der Waals surface area contributed by atoms with Gasteiger partial charge in [0.2, 0.25) is 0 Å². The molecule has 76 valence electrons. The summed E-state index contributed by atoms with van der Waals surface area (Å²) in [7, 11) is 0. The van der Waals surface area contributed by atoms with Crippen molar-refractivity contribution in [2.75, 3.05) is 12.8 Å². The summed E-state index contributed by atoms with van der Waals surface area (Å²) < 4.78 is 0.525. The van der Waals surface area contributed by atoms with Crippen molar-refractivity contribution < 1.29 is 0 Å². The molecule has 0 spiro atoms. The predicted octanol–water partition coefficient (Wildman–Crippen LogP) is 2.83.